The summed E-state index contributed by atoms with van der Waals surface area (Å²) < 4.78 is 72.4. The topological polar surface area (TPSA) is 94.6 Å². The Morgan fingerprint density at radius 3 is 2.32 bits per heavy atom. The van der Waals surface area contributed by atoms with Gasteiger partial charge in [0, 0.05) is 11.8 Å². The van der Waals surface area contributed by atoms with E-state index in [0.29, 0.717) is 17.6 Å². The Morgan fingerprint density at radius 1 is 1.03 bits per heavy atom. The van der Waals surface area contributed by atoms with Crippen LogP contribution in [-0.4, -0.2) is 31.9 Å². The van der Waals surface area contributed by atoms with E-state index in [1.165, 1.54) is 37.6 Å². The molecule has 3 aromatic rings. The fourth-order valence-electron chi connectivity index (χ4n) is 2.50. The highest BCUT2D eigenvalue weighted by atomic mass is 32.2. The Kier molecular flexibility index (Phi) is 6.16. The molecule has 0 aliphatic heterocycles. The molecule has 11 heteroatoms. The number of halogens is 3. The van der Waals surface area contributed by atoms with E-state index in [0.717, 1.165) is 12.1 Å². The number of hydrogen-bond donors (Lipinski definition) is 1. The Morgan fingerprint density at radius 2 is 1.74 bits per heavy atom. The third kappa shape index (κ3) is 4.94. The maximum Gasteiger partial charge on any atom is 0.501 e. The van der Waals surface area contributed by atoms with Gasteiger partial charge >= 0.3 is 5.51 Å². The molecule has 0 aliphatic carbocycles. The lowest BCUT2D eigenvalue weighted by Gasteiger charge is -2.14. The number of methoxy groups -OCH3 is 1. The highest BCUT2D eigenvalue weighted by Gasteiger charge is 2.47. The highest BCUT2D eigenvalue weighted by molar-refractivity contribution is 7.92. The van der Waals surface area contributed by atoms with Gasteiger partial charge in [0.2, 0.25) is 0 Å². The first-order valence-corrected chi connectivity index (χ1v) is 10.1. The van der Waals surface area contributed by atoms with Gasteiger partial charge in [-0.25, -0.2) is 8.42 Å². The number of nitrogens with zero attached hydrogens (tertiary/aromatic N) is 1. The minimum absolute atomic E-state index is 0.00833. The van der Waals surface area contributed by atoms with Crippen LogP contribution < -0.4 is 14.8 Å². The van der Waals surface area contributed by atoms with Gasteiger partial charge in [-0.3, -0.25) is 9.78 Å². The zero-order chi connectivity index (χ0) is 22.6. The van der Waals surface area contributed by atoms with Gasteiger partial charge in [0.1, 0.15) is 17.2 Å². The fraction of sp³-hybridized carbons (Fsp3) is 0.100. The van der Waals surface area contributed by atoms with Crippen molar-refractivity contribution in [3.8, 4) is 17.2 Å². The number of pyridine rings is 1. The number of benzene rings is 2. The molecule has 0 aliphatic rings. The largest absolute Gasteiger partial charge is 0.501 e. The van der Waals surface area contributed by atoms with Gasteiger partial charge in [-0.05, 0) is 54.6 Å². The Labute approximate surface area is 175 Å². The van der Waals surface area contributed by atoms with Crippen LogP contribution in [0.25, 0.3) is 0 Å². The molecule has 1 amide bonds. The molecule has 3 rings (SSSR count). The number of amides is 1. The molecular formula is C20H15F3N2O5S. The van der Waals surface area contributed by atoms with E-state index in [4.69, 9.17) is 9.47 Å². The summed E-state index contributed by atoms with van der Waals surface area (Å²) in [5.41, 5.74) is -5.55. The summed E-state index contributed by atoms with van der Waals surface area (Å²) in [6.07, 6.45) is 3.10. The predicted octanol–water partition coefficient (Wildman–Crippen LogP) is 4.43. The highest BCUT2D eigenvalue weighted by Crippen LogP contribution is 2.35. The number of rotatable bonds is 6. The number of alkyl halides is 3. The number of carbonyl (C=O) groups is 1. The number of hydrogen-bond acceptors (Lipinski definition) is 6. The number of anilines is 1. The molecule has 1 aromatic heterocycles. The molecule has 0 atom stereocenters. The first-order valence-electron chi connectivity index (χ1n) is 8.60. The second-order valence-corrected chi connectivity index (χ2v) is 8.02. The molecule has 0 spiro atoms. The van der Waals surface area contributed by atoms with Crippen LogP contribution in [0.15, 0.2) is 71.9 Å². The molecule has 31 heavy (non-hydrogen) atoms. The summed E-state index contributed by atoms with van der Waals surface area (Å²) in [5.74, 6) is 0.228. The monoisotopic (exact) mass is 452 g/mol. The average molecular weight is 452 g/mol. The summed E-state index contributed by atoms with van der Waals surface area (Å²) >= 11 is 0. The van der Waals surface area contributed by atoms with Crippen molar-refractivity contribution in [1.29, 1.82) is 0 Å². The summed E-state index contributed by atoms with van der Waals surface area (Å²) in [7, 11) is -4.36. The Hall–Kier alpha value is -3.60. The number of sulfone groups is 1. The normalized spacial score (nSPS) is 11.6. The van der Waals surface area contributed by atoms with Crippen LogP contribution in [0.3, 0.4) is 0 Å². The van der Waals surface area contributed by atoms with Gasteiger partial charge < -0.3 is 14.8 Å². The first kappa shape index (κ1) is 22.1. The minimum atomic E-state index is -5.59. The molecule has 1 heterocycles. The van der Waals surface area contributed by atoms with Crippen LogP contribution >= 0.6 is 0 Å². The summed E-state index contributed by atoms with van der Waals surface area (Å²) in [4.78, 5) is 15.4. The molecule has 0 unspecified atom stereocenters. The zero-order valence-electron chi connectivity index (χ0n) is 15.9. The number of carbonyl (C=O) groups excluding carboxylic acids is 1. The van der Waals surface area contributed by atoms with E-state index < -0.39 is 26.1 Å². The van der Waals surface area contributed by atoms with Crippen molar-refractivity contribution >= 4 is 21.4 Å². The summed E-state index contributed by atoms with van der Waals surface area (Å²) in [6, 6.07) is 11.8. The third-order valence-electron chi connectivity index (χ3n) is 4.02. The van der Waals surface area contributed by atoms with E-state index in [1.54, 1.807) is 18.3 Å². The van der Waals surface area contributed by atoms with Crippen molar-refractivity contribution in [3.63, 3.8) is 0 Å². The molecule has 7 nitrogen and oxygen atoms in total. The van der Waals surface area contributed by atoms with Crippen LogP contribution in [0.4, 0.5) is 18.9 Å². The van der Waals surface area contributed by atoms with Crippen molar-refractivity contribution in [2.75, 3.05) is 12.4 Å². The zero-order valence-corrected chi connectivity index (χ0v) is 16.7. The van der Waals surface area contributed by atoms with Crippen molar-refractivity contribution < 1.29 is 35.9 Å². The van der Waals surface area contributed by atoms with Crippen LogP contribution in [-0.2, 0) is 9.84 Å². The second-order valence-electron chi connectivity index (χ2n) is 6.08. The maximum atomic E-state index is 12.8. The van der Waals surface area contributed by atoms with Gasteiger partial charge in [-0.2, -0.15) is 13.2 Å². The van der Waals surface area contributed by atoms with Crippen LogP contribution in [0.1, 0.15) is 10.4 Å². The van der Waals surface area contributed by atoms with Crippen LogP contribution in [0, 0.1) is 0 Å². The molecule has 0 saturated heterocycles. The summed E-state index contributed by atoms with van der Waals surface area (Å²) in [6.45, 7) is 0. The lowest BCUT2D eigenvalue weighted by atomic mass is 10.2. The lowest BCUT2D eigenvalue weighted by Crippen LogP contribution is -2.23. The lowest BCUT2D eigenvalue weighted by molar-refractivity contribution is -0.0436. The minimum Gasteiger partial charge on any atom is -0.495 e. The second kappa shape index (κ2) is 8.64. The summed E-state index contributed by atoms with van der Waals surface area (Å²) in [5, 5.41) is 2.36. The van der Waals surface area contributed by atoms with Gasteiger partial charge in [-0.1, -0.05) is 0 Å². The maximum absolute atomic E-state index is 12.8. The van der Waals surface area contributed by atoms with Crippen molar-refractivity contribution in [2.24, 2.45) is 0 Å². The van der Waals surface area contributed by atoms with Gasteiger partial charge in [-0.15, -0.1) is 0 Å². The quantitative estimate of drug-likeness (QED) is 0.595. The van der Waals surface area contributed by atoms with E-state index >= 15 is 0 Å². The molecule has 1 N–H and O–H groups in total. The molecule has 0 bridgehead atoms. The Bertz CT molecular complexity index is 1180. The molecule has 162 valence electrons. The van der Waals surface area contributed by atoms with Crippen LogP contribution in [0.2, 0.25) is 0 Å². The number of aromatic nitrogens is 1. The molecule has 0 radical (unpaired) electrons. The van der Waals surface area contributed by atoms with Crippen molar-refractivity contribution in [3.05, 3.63) is 72.6 Å². The first-order chi connectivity index (χ1) is 14.6. The predicted molar refractivity (Wildman–Crippen MR) is 105 cm³/mol. The molecular weight excluding hydrogens is 437 g/mol. The van der Waals surface area contributed by atoms with E-state index in [9.17, 15) is 26.4 Å². The van der Waals surface area contributed by atoms with E-state index in [-0.39, 0.29) is 17.0 Å². The molecule has 2 aromatic carbocycles. The number of ether oxygens (including phenoxy) is 2. The van der Waals surface area contributed by atoms with E-state index in [1.807, 2.05) is 0 Å². The van der Waals surface area contributed by atoms with Gasteiger partial charge in [0.25, 0.3) is 15.7 Å². The van der Waals surface area contributed by atoms with Crippen molar-refractivity contribution in [2.45, 2.75) is 10.4 Å². The SMILES string of the molecule is COc1ccc(S(=O)(=O)C(F)(F)F)cc1NC(=O)c1ccc(Oc2cccnc2)cc1. The Balaban J connectivity index is 1.81. The smallest absolute Gasteiger partial charge is 0.495 e. The molecule has 0 saturated carbocycles. The standard InChI is InChI=1S/C20H15F3N2O5S/c1-29-18-9-8-16(31(27,28)20(21,22)23)11-17(18)25-19(26)13-4-6-14(7-5-13)30-15-3-2-10-24-12-15/h2-12H,1H3,(H,25,26). The van der Waals surface area contributed by atoms with Crippen LogP contribution in [0.5, 0.6) is 17.2 Å². The van der Waals surface area contributed by atoms with Gasteiger partial charge in [0.05, 0.1) is 23.9 Å². The third-order valence-corrected chi connectivity index (χ3v) is 5.50. The van der Waals surface area contributed by atoms with Gasteiger partial charge in [0.15, 0.2) is 0 Å². The number of nitrogens with one attached hydrogen (secondary N) is 1. The van der Waals surface area contributed by atoms with E-state index in [2.05, 4.69) is 10.3 Å². The fourth-order valence-corrected chi connectivity index (χ4v) is 3.29. The average Bonchev–Trinajstić information content (AvgIpc) is 2.74. The van der Waals surface area contributed by atoms with Crippen molar-refractivity contribution in [1.82, 2.24) is 4.98 Å². The molecule has 0 fully saturated rings.